The minimum Gasteiger partial charge on any atom is -0.476 e. The molecule has 2 heterocycles. The average Bonchev–Trinajstić information content (AvgIpc) is 3.02. The van der Waals surface area contributed by atoms with Gasteiger partial charge < -0.3 is 19.5 Å². The fourth-order valence-corrected chi connectivity index (χ4v) is 3.62. The molecule has 1 N–H and O–H groups in total. The molecule has 1 atom stereocenters. The predicted octanol–water partition coefficient (Wildman–Crippen LogP) is 2.99. The van der Waals surface area contributed by atoms with Gasteiger partial charge in [0.1, 0.15) is 5.82 Å². The number of hydrogen-bond acceptors (Lipinski definition) is 4. The highest BCUT2D eigenvalue weighted by Gasteiger charge is 2.31. The van der Waals surface area contributed by atoms with Crippen LogP contribution in [0.15, 0.2) is 24.3 Å². The molecule has 0 fully saturated rings. The van der Waals surface area contributed by atoms with Gasteiger partial charge in [-0.05, 0) is 31.2 Å². The van der Waals surface area contributed by atoms with Gasteiger partial charge in [-0.3, -0.25) is 4.79 Å². The van der Waals surface area contributed by atoms with Crippen molar-refractivity contribution in [3.63, 3.8) is 0 Å². The second-order valence-corrected chi connectivity index (χ2v) is 7.57. The molecule has 2 aromatic rings. The number of amides is 1. The van der Waals surface area contributed by atoms with E-state index in [9.17, 15) is 14.7 Å². The van der Waals surface area contributed by atoms with Crippen molar-refractivity contribution in [2.24, 2.45) is 0 Å². The van der Waals surface area contributed by atoms with Crippen molar-refractivity contribution in [3.8, 4) is 0 Å². The van der Waals surface area contributed by atoms with Crippen molar-refractivity contribution in [1.82, 2.24) is 14.5 Å². The van der Waals surface area contributed by atoms with E-state index in [1.165, 1.54) is 0 Å². The van der Waals surface area contributed by atoms with Gasteiger partial charge in [0.2, 0.25) is 0 Å². The van der Waals surface area contributed by atoms with Crippen LogP contribution in [0.1, 0.15) is 65.1 Å². The number of rotatable bonds is 4. The smallest absolute Gasteiger partial charge is 0.356 e. The molecule has 0 spiro atoms. The third kappa shape index (κ3) is 3.41. The standard InChI is InChI=1S/C20H26N4O3/c1-12(2)18-21-17(20(26)27)16-11-23(10-13(3)24(16)18)15-8-6-14(7-9-15)19(25)22(4)5/h6-9,12-13H,10-11H2,1-5H3,(H,26,27)/t13-/m1/s1. The summed E-state index contributed by atoms with van der Waals surface area (Å²) in [5.41, 5.74) is 2.47. The topological polar surface area (TPSA) is 78.7 Å². The van der Waals surface area contributed by atoms with E-state index in [0.29, 0.717) is 12.1 Å². The van der Waals surface area contributed by atoms with Gasteiger partial charge in [0.15, 0.2) is 5.69 Å². The second kappa shape index (κ2) is 7.06. The number of carboxylic acid groups (broad SMARTS) is 1. The van der Waals surface area contributed by atoms with E-state index in [1.807, 2.05) is 38.1 Å². The van der Waals surface area contributed by atoms with Crippen LogP contribution in [-0.4, -0.2) is 52.1 Å². The molecule has 0 bridgehead atoms. The molecular weight excluding hydrogens is 344 g/mol. The lowest BCUT2D eigenvalue weighted by Crippen LogP contribution is -2.37. The lowest BCUT2D eigenvalue weighted by atomic mass is 10.1. The maximum atomic E-state index is 12.1. The Hall–Kier alpha value is -2.83. The summed E-state index contributed by atoms with van der Waals surface area (Å²) in [6.07, 6.45) is 0. The summed E-state index contributed by atoms with van der Waals surface area (Å²) in [5, 5.41) is 9.59. The Morgan fingerprint density at radius 3 is 2.37 bits per heavy atom. The van der Waals surface area contributed by atoms with Gasteiger partial charge in [-0.25, -0.2) is 9.78 Å². The van der Waals surface area contributed by atoms with Crippen LogP contribution in [-0.2, 0) is 6.54 Å². The number of carbonyl (C=O) groups is 2. The molecule has 144 valence electrons. The molecule has 1 aliphatic rings. The number of anilines is 1. The van der Waals surface area contributed by atoms with Crippen LogP contribution in [0.25, 0.3) is 0 Å². The molecule has 1 amide bonds. The fourth-order valence-electron chi connectivity index (χ4n) is 3.62. The molecule has 7 heteroatoms. The minimum absolute atomic E-state index is 0.0404. The average molecular weight is 370 g/mol. The van der Waals surface area contributed by atoms with Gasteiger partial charge in [-0.1, -0.05) is 13.8 Å². The summed E-state index contributed by atoms with van der Waals surface area (Å²) < 4.78 is 2.08. The van der Waals surface area contributed by atoms with Crippen molar-refractivity contribution in [1.29, 1.82) is 0 Å². The molecule has 0 unspecified atom stereocenters. The molecule has 1 aromatic heterocycles. The first-order valence-corrected chi connectivity index (χ1v) is 9.11. The molecule has 0 radical (unpaired) electrons. The Kier molecular flexibility index (Phi) is 4.95. The van der Waals surface area contributed by atoms with E-state index < -0.39 is 5.97 Å². The van der Waals surface area contributed by atoms with Crippen LogP contribution < -0.4 is 4.90 Å². The lowest BCUT2D eigenvalue weighted by molar-refractivity contribution is 0.0688. The van der Waals surface area contributed by atoms with Crippen LogP contribution in [0.4, 0.5) is 5.69 Å². The van der Waals surface area contributed by atoms with Gasteiger partial charge in [-0.15, -0.1) is 0 Å². The molecule has 7 nitrogen and oxygen atoms in total. The molecule has 1 aliphatic heterocycles. The van der Waals surface area contributed by atoms with Crippen molar-refractivity contribution in [3.05, 3.63) is 47.0 Å². The fraction of sp³-hybridized carbons (Fsp3) is 0.450. The second-order valence-electron chi connectivity index (χ2n) is 7.57. The molecule has 0 aliphatic carbocycles. The predicted molar refractivity (Wildman–Crippen MR) is 103 cm³/mol. The summed E-state index contributed by atoms with van der Waals surface area (Å²) in [4.78, 5) is 31.9. The van der Waals surface area contributed by atoms with Gasteiger partial charge in [-0.2, -0.15) is 0 Å². The summed E-state index contributed by atoms with van der Waals surface area (Å²) >= 11 is 0. The Morgan fingerprint density at radius 1 is 1.22 bits per heavy atom. The number of carbonyl (C=O) groups excluding carboxylic acids is 1. The van der Waals surface area contributed by atoms with E-state index >= 15 is 0 Å². The quantitative estimate of drug-likeness (QED) is 0.895. The van der Waals surface area contributed by atoms with E-state index in [0.717, 1.165) is 23.8 Å². The molecule has 27 heavy (non-hydrogen) atoms. The summed E-state index contributed by atoms with van der Waals surface area (Å²) in [6.45, 7) is 7.37. The van der Waals surface area contributed by atoms with E-state index in [4.69, 9.17) is 0 Å². The van der Waals surface area contributed by atoms with Gasteiger partial charge >= 0.3 is 5.97 Å². The van der Waals surface area contributed by atoms with Gasteiger partial charge in [0.25, 0.3) is 5.91 Å². The van der Waals surface area contributed by atoms with Crippen molar-refractivity contribution in [2.75, 3.05) is 25.5 Å². The zero-order valence-corrected chi connectivity index (χ0v) is 16.4. The van der Waals surface area contributed by atoms with Crippen LogP contribution >= 0.6 is 0 Å². The van der Waals surface area contributed by atoms with Gasteiger partial charge in [0, 0.05) is 43.9 Å². The number of nitrogens with zero attached hydrogens (tertiary/aromatic N) is 4. The highest BCUT2D eigenvalue weighted by Crippen LogP contribution is 2.32. The third-order valence-electron chi connectivity index (χ3n) is 4.91. The summed E-state index contributed by atoms with van der Waals surface area (Å²) in [5.74, 6) is -0.0586. The number of carboxylic acids is 1. The number of fused-ring (bicyclic) bond motifs is 1. The summed E-state index contributed by atoms with van der Waals surface area (Å²) in [6, 6.07) is 7.56. The first kappa shape index (κ1) is 18.9. The maximum absolute atomic E-state index is 12.1. The Balaban J connectivity index is 1.95. The Morgan fingerprint density at radius 2 is 1.85 bits per heavy atom. The van der Waals surface area contributed by atoms with Gasteiger partial charge in [0.05, 0.1) is 12.2 Å². The Labute approximate surface area is 159 Å². The summed E-state index contributed by atoms with van der Waals surface area (Å²) in [7, 11) is 3.45. The highest BCUT2D eigenvalue weighted by molar-refractivity contribution is 5.94. The Bertz CT molecular complexity index is 868. The SMILES string of the molecule is CC(C)c1nc(C(=O)O)c2n1[C@H](C)CN(c1ccc(C(=O)N(C)C)cc1)C2. The third-order valence-corrected chi connectivity index (χ3v) is 4.91. The van der Waals surface area contributed by atoms with Crippen LogP contribution in [0.2, 0.25) is 0 Å². The first-order chi connectivity index (χ1) is 12.7. The number of aromatic carboxylic acids is 1. The van der Waals surface area contributed by atoms with E-state index in [1.54, 1.807) is 19.0 Å². The number of imidazole rings is 1. The highest BCUT2D eigenvalue weighted by atomic mass is 16.4. The van der Waals surface area contributed by atoms with Crippen molar-refractivity contribution < 1.29 is 14.7 Å². The first-order valence-electron chi connectivity index (χ1n) is 9.11. The van der Waals surface area contributed by atoms with Crippen LogP contribution in [0.5, 0.6) is 0 Å². The van der Waals surface area contributed by atoms with E-state index in [2.05, 4.69) is 21.4 Å². The number of benzene rings is 1. The zero-order chi connectivity index (χ0) is 19.9. The lowest BCUT2D eigenvalue weighted by Gasteiger charge is -2.36. The van der Waals surface area contributed by atoms with Crippen LogP contribution in [0, 0.1) is 0 Å². The van der Waals surface area contributed by atoms with Crippen LogP contribution in [0.3, 0.4) is 0 Å². The molecule has 1 aromatic carbocycles. The molecule has 0 saturated carbocycles. The number of aromatic nitrogens is 2. The normalized spacial score (nSPS) is 16.4. The maximum Gasteiger partial charge on any atom is 0.356 e. The monoisotopic (exact) mass is 370 g/mol. The molecule has 3 rings (SSSR count). The van der Waals surface area contributed by atoms with E-state index in [-0.39, 0.29) is 23.6 Å². The zero-order valence-electron chi connectivity index (χ0n) is 16.4. The van der Waals surface area contributed by atoms with Crippen molar-refractivity contribution >= 4 is 17.6 Å². The van der Waals surface area contributed by atoms with Crippen molar-refractivity contribution in [2.45, 2.75) is 39.3 Å². The largest absolute Gasteiger partial charge is 0.476 e. The minimum atomic E-state index is -0.994. The molecular formula is C20H26N4O3. The number of hydrogen-bond donors (Lipinski definition) is 1. The molecule has 0 saturated heterocycles.